The second kappa shape index (κ2) is 6.34. The van der Waals surface area contributed by atoms with Gasteiger partial charge >= 0.3 is 0 Å². The summed E-state index contributed by atoms with van der Waals surface area (Å²) in [6.45, 7) is 5.56. The van der Waals surface area contributed by atoms with Crippen LogP contribution in [0, 0.1) is 10.1 Å². The smallest absolute Gasteiger partial charge is 0.278 e. The molecule has 0 bridgehead atoms. The van der Waals surface area contributed by atoms with Crippen molar-refractivity contribution < 1.29 is 4.92 Å². The van der Waals surface area contributed by atoms with Crippen molar-refractivity contribution in [1.82, 2.24) is 15.2 Å². The quantitative estimate of drug-likeness (QED) is 0.503. The minimum Gasteiger partial charge on any atom is -0.288 e. The molecule has 0 saturated carbocycles. The second-order valence-electron chi connectivity index (χ2n) is 5.79. The Morgan fingerprint density at radius 3 is 2.61 bits per heavy atom. The van der Waals surface area contributed by atoms with Gasteiger partial charge in [0.15, 0.2) is 0 Å². The van der Waals surface area contributed by atoms with Gasteiger partial charge in [0.2, 0.25) is 5.95 Å². The number of hydrazone groups is 1. The molecule has 0 aliphatic heterocycles. The zero-order valence-corrected chi connectivity index (χ0v) is 12.9. The van der Waals surface area contributed by atoms with Gasteiger partial charge in [-0.1, -0.05) is 32.9 Å². The number of aromatic amines is 1. The summed E-state index contributed by atoms with van der Waals surface area (Å²) < 4.78 is 0. The van der Waals surface area contributed by atoms with Crippen LogP contribution in [0.2, 0.25) is 0 Å². The molecule has 2 rings (SSSR count). The van der Waals surface area contributed by atoms with Crippen LogP contribution in [0.15, 0.2) is 34.2 Å². The van der Waals surface area contributed by atoms with Crippen LogP contribution in [-0.4, -0.2) is 26.3 Å². The summed E-state index contributed by atoms with van der Waals surface area (Å²) in [5.74, 6) is 0.0536. The number of aromatic nitrogens is 3. The van der Waals surface area contributed by atoms with E-state index in [0.29, 0.717) is 11.3 Å². The van der Waals surface area contributed by atoms with Gasteiger partial charge in [-0.15, -0.1) is 10.2 Å². The van der Waals surface area contributed by atoms with E-state index >= 15 is 0 Å². The number of nitrogens with zero attached hydrogens (tertiary/aromatic N) is 4. The van der Waals surface area contributed by atoms with E-state index in [1.807, 2.05) is 20.8 Å². The summed E-state index contributed by atoms with van der Waals surface area (Å²) in [6, 6.07) is 6.16. The van der Waals surface area contributed by atoms with Crippen LogP contribution in [-0.2, 0) is 5.41 Å². The average molecular weight is 316 g/mol. The van der Waals surface area contributed by atoms with Crippen molar-refractivity contribution in [3.8, 4) is 0 Å². The maximum atomic E-state index is 11.9. The molecule has 23 heavy (non-hydrogen) atoms. The molecule has 2 aromatic rings. The minimum atomic E-state index is -0.499. The first-order valence-corrected chi connectivity index (χ1v) is 6.79. The molecule has 0 aliphatic carbocycles. The molecule has 9 heteroatoms. The minimum absolute atomic E-state index is 0.0536. The summed E-state index contributed by atoms with van der Waals surface area (Å²) in [6.07, 6.45) is 1.27. The molecule has 0 aliphatic rings. The Morgan fingerprint density at radius 1 is 1.30 bits per heavy atom. The second-order valence-corrected chi connectivity index (χ2v) is 5.79. The highest BCUT2D eigenvalue weighted by molar-refractivity contribution is 5.85. The molecule has 0 spiro atoms. The molecule has 0 fully saturated rings. The number of nitro benzene ring substituents is 1. The fraction of sp³-hybridized carbons (Fsp3) is 0.286. The number of benzene rings is 1. The molecule has 0 atom stereocenters. The van der Waals surface area contributed by atoms with E-state index in [1.54, 1.807) is 18.2 Å². The lowest BCUT2D eigenvalue weighted by atomic mass is 9.93. The predicted molar refractivity (Wildman–Crippen MR) is 85.7 cm³/mol. The SMILES string of the molecule is CC(C)(C)c1nnc(N/N=C\c2ccccc2[N+](=O)[O-])[nH]c1=O. The molecule has 1 heterocycles. The average Bonchev–Trinajstić information content (AvgIpc) is 2.46. The molecule has 1 aromatic carbocycles. The first-order valence-electron chi connectivity index (χ1n) is 6.79. The zero-order chi connectivity index (χ0) is 17.0. The lowest BCUT2D eigenvalue weighted by molar-refractivity contribution is -0.385. The van der Waals surface area contributed by atoms with Gasteiger partial charge in [-0.2, -0.15) is 5.10 Å². The largest absolute Gasteiger partial charge is 0.288 e. The lowest BCUT2D eigenvalue weighted by Gasteiger charge is -2.15. The Kier molecular flexibility index (Phi) is 4.49. The van der Waals surface area contributed by atoms with Gasteiger partial charge in [-0.3, -0.25) is 19.9 Å². The highest BCUT2D eigenvalue weighted by Crippen LogP contribution is 2.16. The van der Waals surface area contributed by atoms with Gasteiger partial charge in [0.05, 0.1) is 16.7 Å². The number of H-pyrrole nitrogens is 1. The molecule has 1 aromatic heterocycles. The predicted octanol–water partition coefficient (Wildman–Crippen LogP) is 1.82. The van der Waals surface area contributed by atoms with E-state index < -0.39 is 10.3 Å². The van der Waals surface area contributed by atoms with Crippen LogP contribution in [0.3, 0.4) is 0 Å². The molecular formula is C14H16N6O3. The molecule has 120 valence electrons. The Morgan fingerprint density at radius 2 is 2.00 bits per heavy atom. The van der Waals surface area contributed by atoms with Crippen LogP contribution in [0.1, 0.15) is 32.0 Å². The summed E-state index contributed by atoms with van der Waals surface area (Å²) in [7, 11) is 0. The van der Waals surface area contributed by atoms with E-state index in [-0.39, 0.29) is 17.2 Å². The van der Waals surface area contributed by atoms with E-state index in [9.17, 15) is 14.9 Å². The van der Waals surface area contributed by atoms with Crippen molar-refractivity contribution >= 4 is 17.9 Å². The first-order chi connectivity index (χ1) is 10.8. The Labute approximate surface area is 131 Å². The van der Waals surface area contributed by atoms with Gasteiger partial charge in [0.1, 0.15) is 5.69 Å². The van der Waals surface area contributed by atoms with Crippen molar-refractivity contribution in [2.45, 2.75) is 26.2 Å². The molecule has 0 saturated heterocycles. The summed E-state index contributed by atoms with van der Waals surface area (Å²) in [5.41, 5.74) is 2.28. The Hall–Kier alpha value is -3.10. The van der Waals surface area contributed by atoms with Crippen LogP contribution in [0.4, 0.5) is 11.6 Å². The fourth-order valence-corrected chi connectivity index (χ4v) is 1.80. The number of rotatable bonds is 4. The Bertz CT molecular complexity index is 807. The van der Waals surface area contributed by atoms with Crippen molar-refractivity contribution in [2.75, 3.05) is 5.43 Å². The van der Waals surface area contributed by atoms with Gasteiger partial charge in [-0.25, -0.2) is 5.43 Å². The van der Waals surface area contributed by atoms with Crippen LogP contribution < -0.4 is 11.0 Å². The number of hydrogen-bond acceptors (Lipinski definition) is 7. The molecule has 2 N–H and O–H groups in total. The van der Waals surface area contributed by atoms with Crippen molar-refractivity contribution in [3.63, 3.8) is 0 Å². The fourth-order valence-electron chi connectivity index (χ4n) is 1.80. The monoisotopic (exact) mass is 316 g/mol. The maximum absolute atomic E-state index is 11.9. The van der Waals surface area contributed by atoms with Crippen molar-refractivity contribution in [3.05, 3.63) is 56.0 Å². The third-order valence-electron chi connectivity index (χ3n) is 2.91. The summed E-state index contributed by atoms with van der Waals surface area (Å²) in [4.78, 5) is 24.8. The third kappa shape index (κ3) is 3.96. The molecule has 0 radical (unpaired) electrons. The summed E-state index contributed by atoms with van der Waals surface area (Å²) in [5, 5.41) is 22.4. The first kappa shape index (κ1) is 16.3. The molecule has 0 amide bonds. The number of para-hydroxylation sites is 1. The van der Waals surface area contributed by atoms with E-state index in [4.69, 9.17) is 0 Å². The van der Waals surface area contributed by atoms with Gasteiger partial charge in [0, 0.05) is 11.5 Å². The number of anilines is 1. The highest BCUT2D eigenvalue weighted by atomic mass is 16.6. The standard InChI is InChI=1S/C14H16N6O3/c1-14(2,3)11-12(21)16-13(19-17-11)18-15-8-9-6-4-5-7-10(9)20(22)23/h4-8H,1-3H3,(H2,16,18,19,21)/b15-8-. The molecule has 0 unspecified atom stereocenters. The topological polar surface area (TPSA) is 126 Å². The number of nitrogens with one attached hydrogen (secondary N) is 2. The summed E-state index contributed by atoms with van der Waals surface area (Å²) >= 11 is 0. The van der Waals surface area contributed by atoms with Crippen LogP contribution in [0.25, 0.3) is 0 Å². The van der Waals surface area contributed by atoms with Crippen LogP contribution in [0.5, 0.6) is 0 Å². The van der Waals surface area contributed by atoms with Gasteiger partial charge in [-0.05, 0) is 6.07 Å². The number of nitro groups is 1. The van der Waals surface area contributed by atoms with Gasteiger partial charge < -0.3 is 0 Å². The number of hydrogen-bond donors (Lipinski definition) is 2. The van der Waals surface area contributed by atoms with Crippen LogP contribution >= 0.6 is 0 Å². The molecular weight excluding hydrogens is 300 g/mol. The Balaban J connectivity index is 2.17. The highest BCUT2D eigenvalue weighted by Gasteiger charge is 2.20. The van der Waals surface area contributed by atoms with Crippen molar-refractivity contribution in [1.29, 1.82) is 0 Å². The third-order valence-corrected chi connectivity index (χ3v) is 2.91. The van der Waals surface area contributed by atoms with Gasteiger partial charge in [0.25, 0.3) is 11.2 Å². The zero-order valence-electron chi connectivity index (χ0n) is 12.9. The lowest BCUT2D eigenvalue weighted by Crippen LogP contribution is -2.28. The normalized spacial score (nSPS) is 11.6. The van der Waals surface area contributed by atoms with E-state index in [1.165, 1.54) is 12.3 Å². The van der Waals surface area contributed by atoms with Crippen molar-refractivity contribution in [2.24, 2.45) is 5.10 Å². The van der Waals surface area contributed by atoms with E-state index in [2.05, 4.69) is 25.7 Å². The maximum Gasteiger partial charge on any atom is 0.278 e. The molecule has 9 nitrogen and oxygen atoms in total. The van der Waals surface area contributed by atoms with E-state index in [0.717, 1.165) is 0 Å².